The van der Waals surface area contributed by atoms with Crippen LogP contribution in [0.3, 0.4) is 0 Å². The van der Waals surface area contributed by atoms with Gasteiger partial charge in [0.15, 0.2) is 0 Å². The molecule has 0 bridgehead atoms. The molecule has 0 heterocycles. The molecule has 3 aromatic rings. The summed E-state index contributed by atoms with van der Waals surface area (Å²) in [6.45, 7) is 5.22. The van der Waals surface area contributed by atoms with Crippen LogP contribution in [0.15, 0.2) is 60.7 Å². The molecule has 0 fully saturated rings. The molecular weight excluding hydrogens is 357 g/mol. The molecule has 0 unspecified atom stereocenters. The van der Waals surface area contributed by atoms with Gasteiger partial charge in [0.1, 0.15) is 17.3 Å². The van der Waals surface area contributed by atoms with Crippen LogP contribution in [0.25, 0.3) is 22.3 Å². The molecule has 28 heavy (non-hydrogen) atoms. The minimum Gasteiger partial charge on any atom is -0.507 e. The lowest BCUT2D eigenvalue weighted by molar-refractivity contribution is -0.114. The molecule has 0 saturated carbocycles. The molecule has 144 valence electrons. The van der Waals surface area contributed by atoms with Crippen LogP contribution in [0.1, 0.15) is 20.8 Å². The molecule has 2 N–H and O–H groups in total. The van der Waals surface area contributed by atoms with E-state index in [2.05, 4.69) is 5.32 Å². The molecule has 0 aromatic heterocycles. The third-order valence-corrected chi connectivity index (χ3v) is 4.14. The Morgan fingerprint density at radius 2 is 1.64 bits per heavy atom. The van der Waals surface area contributed by atoms with Crippen molar-refractivity contribution in [1.82, 2.24) is 0 Å². The number of hydrogen-bond acceptors (Lipinski definition) is 3. The van der Waals surface area contributed by atoms with E-state index in [4.69, 9.17) is 4.74 Å². The third-order valence-electron chi connectivity index (χ3n) is 4.14. The number of para-hydroxylation sites is 1. The molecule has 1 amide bonds. The number of benzene rings is 3. The monoisotopic (exact) mass is 379 g/mol. The fourth-order valence-corrected chi connectivity index (χ4v) is 2.99. The van der Waals surface area contributed by atoms with Crippen LogP contribution in [0.5, 0.6) is 11.5 Å². The fourth-order valence-electron chi connectivity index (χ4n) is 2.99. The highest BCUT2D eigenvalue weighted by Crippen LogP contribution is 2.39. The summed E-state index contributed by atoms with van der Waals surface area (Å²) in [5.41, 5.74) is 2.54. The van der Waals surface area contributed by atoms with Crippen molar-refractivity contribution in [1.29, 1.82) is 0 Å². The molecular formula is C23H22FNO3. The number of amides is 1. The highest BCUT2D eigenvalue weighted by Gasteiger charge is 2.14. The first-order valence-corrected chi connectivity index (χ1v) is 9.01. The maximum absolute atomic E-state index is 14.3. The summed E-state index contributed by atoms with van der Waals surface area (Å²) in [6, 6.07) is 17.2. The van der Waals surface area contributed by atoms with E-state index in [1.165, 1.54) is 19.1 Å². The van der Waals surface area contributed by atoms with E-state index in [1.54, 1.807) is 24.3 Å². The topological polar surface area (TPSA) is 58.6 Å². The molecule has 0 radical (unpaired) electrons. The highest BCUT2D eigenvalue weighted by atomic mass is 19.1. The zero-order chi connectivity index (χ0) is 20.3. The second-order valence-corrected chi connectivity index (χ2v) is 6.77. The van der Waals surface area contributed by atoms with E-state index < -0.39 is 5.82 Å². The predicted octanol–water partition coefficient (Wildman–Crippen LogP) is 5.61. The van der Waals surface area contributed by atoms with Crippen molar-refractivity contribution in [2.45, 2.75) is 26.9 Å². The third kappa shape index (κ3) is 4.31. The van der Waals surface area contributed by atoms with Gasteiger partial charge in [-0.25, -0.2) is 4.39 Å². The van der Waals surface area contributed by atoms with E-state index in [-0.39, 0.29) is 23.4 Å². The van der Waals surface area contributed by atoms with Crippen molar-refractivity contribution in [3.05, 3.63) is 66.5 Å². The number of halogens is 1. The summed E-state index contributed by atoms with van der Waals surface area (Å²) in [7, 11) is 0. The maximum atomic E-state index is 14.3. The normalized spacial score (nSPS) is 10.8. The van der Waals surface area contributed by atoms with Crippen molar-refractivity contribution >= 4 is 11.6 Å². The molecule has 0 aliphatic rings. The summed E-state index contributed by atoms with van der Waals surface area (Å²) in [4.78, 5) is 11.1. The smallest absolute Gasteiger partial charge is 0.221 e. The first-order valence-electron chi connectivity index (χ1n) is 9.01. The average molecular weight is 379 g/mol. The molecule has 3 aromatic carbocycles. The van der Waals surface area contributed by atoms with Crippen molar-refractivity contribution < 1.29 is 19.0 Å². The Morgan fingerprint density at radius 3 is 2.25 bits per heavy atom. The minimum atomic E-state index is -0.565. The van der Waals surface area contributed by atoms with E-state index in [9.17, 15) is 14.3 Å². The van der Waals surface area contributed by atoms with Crippen molar-refractivity contribution in [2.75, 3.05) is 5.32 Å². The number of phenolic OH excluding ortho intramolecular Hbond substituents is 1. The lowest BCUT2D eigenvalue weighted by atomic mass is 9.97. The van der Waals surface area contributed by atoms with Crippen LogP contribution in [0.2, 0.25) is 0 Å². The summed E-state index contributed by atoms with van der Waals surface area (Å²) < 4.78 is 20.0. The van der Waals surface area contributed by atoms with Crippen molar-refractivity contribution in [2.24, 2.45) is 0 Å². The molecule has 4 nitrogen and oxygen atoms in total. The van der Waals surface area contributed by atoms with Gasteiger partial charge in [-0.05, 0) is 49.2 Å². The van der Waals surface area contributed by atoms with Crippen LogP contribution < -0.4 is 10.1 Å². The fraction of sp³-hybridized carbons (Fsp3) is 0.174. The Bertz CT molecular complexity index is 1010. The van der Waals surface area contributed by atoms with Crippen LogP contribution >= 0.6 is 0 Å². The zero-order valence-electron chi connectivity index (χ0n) is 16.0. The Balaban J connectivity index is 2.00. The summed E-state index contributed by atoms with van der Waals surface area (Å²) in [5.74, 6) is -0.149. The Kier molecular flexibility index (Phi) is 5.64. The number of phenols is 1. The number of nitrogens with one attached hydrogen (secondary N) is 1. The van der Waals surface area contributed by atoms with Gasteiger partial charge in [-0.15, -0.1) is 0 Å². The molecule has 0 aliphatic carbocycles. The van der Waals surface area contributed by atoms with Crippen LogP contribution in [-0.4, -0.2) is 17.1 Å². The first kappa shape index (κ1) is 19.4. The second-order valence-electron chi connectivity index (χ2n) is 6.77. The molecule has 0 spiro atoms. The lowest BCUT2D eigenvalue weighted by Gasteiger charge is -2.14. The van der Waals surface area contributed by atoms with E-state index >= 15 is 0 Å². The van der Waals surface area contributed by atoms with Crippen molar-refractivity contribution in [3.63, 3.8) is 0 Å². The zero-order valence-corrected chi connectivity index (χ0v) is 16.0. The Hall–Kier alpha value is -3.34. The van der Waals surface area contributed by atoms with Crippen LogP contribution in [-0.2, 0) is 4.79 Å². The van der Waals surface area contributed by atoms with E-state index in [0.717, 1.165) is 5.56 Å². The number of carbonyl (C=O) groups is 1. The van der Waals surface area contributed by atoms with Gasteiger partial charge >= 0.3 is 0 Å². The molecule has 0 saturated heterocycles. The van der Waals surface area contributed by atoms with Gasteiger partial charge in [-0.3, -0.25) is 4.79 Å². The lowest BCUT2D eigenvalue weighted by Crippen LogP contribution is -2.07. The standard InChI is InChI=1S/C23H22FNO3/c1-14(2)28-18-7-4-6-16(12-18)19-8-5-9-20(23(19)27)17-10-11-22(21(24)13-17)25-15(3)26/h4-14,27H,1-3H3,(H,25,26). The number of aromatic hydroxyl groups is 1. The molecule has 0 aliphatic heterocycles. The number of ether oxygens (including phenoxy) is 1. The van der Waals surface area contributed by atoms with Gasteiger partial charge in [-0.2, -0.15) is 0 Å². The van der Waals surface area contributed by atoms with Gasteiger partial charge in [0.2, 0.25) is 5.91 Å². The van der Waals surface area contributed by atoms with Crippen molar-refractivity contribution in [3.8, 4) is 33.8 Å². The number of rotatable bonds is 5. The summed E-state index contributed by atoms with van der Waals surface area (Å²) in [5, 5.41) is 13.3. The molecule has 3 rings (SSSR count). The number of hydrogen-bond donors (Lipinski definition) is 2. The first-order chi connectivity index (χ1) is 13.3. The van der Waals surface area contributed by atoms with Gasteiger partial charge in [-0.1, -0.05) is 36.4 Å². The maximum Gasteiger partial charge on any atom is 0.221 e. The summed E-state index contributed by atoms with van der Waals surface area (Å²) in [6.07, 6.45) is 0.0419. The second kappa shape index (κ2) is 8.13. The minimum absolute atomic E-state index is 0.0419. The highest BCUT2D eigenvalue weighted by molar-refractivity contribution is 5.89. The molecule has 5 heteroatoms. The summed E-state index contributed by atoms with van der Waals surface area (Å²) >= 11 is 0. The number of carbonyl (C=O) groups excluding carboxylic acids is 1. The predicted molar refractivity (Wildman–Crippen MR) is 109 cm³/mol. The Labute approximate surface area is 163 Å². The van der Waals surface area contributed by atoms with Gasteiger partial charge in [0.25, 0.3) is 0 Å². The van der Waals surface area contributed by atoms with Gasteiger partial charge in [0, 0.05) is 18.1 Å². The Morgan fingerprint density at radius 1 is 1.00 bits per heavy atom. The van der Waals surface area contributed by atoms with Gasteiger partial charge < -0.3 is 15.2 Å². The SMILES string of the molecule is CC(=O)Nc1ccc(-c2cccc(-c3cccc(OC(C)C)c3)c2O)cc1F. The van der Waals surface area contributed by atoms with E-state index in [0.29, 0.717) is 22.4 Å². The average Bonchev–Trinajstić information content (AvgIpc) is 2.63. The van der Waals surface area contributed by atoms with Crippen LogP contribution in [0, 0.1) is 5.82 Å². The quantitative estimate of drug-likeness (QED) is 0.606. The van der Waals surface area contributed by atoms with E-state index in [1.807, 2.05) is 38.1 Å². The number of anilines is 1. The van der Waals surface area contributed by atoms with Crippen LogP contribution in [0.4, 0.5) is 10.1 Å². The largest absolute Gasteiger partial charge is 0.507 e. The molecule has 0 atom stereocenters. The van der Waals surface area contributed by atoms with Gasteiger partial charge in [0.05, 0.1) is 11.8 Å².